The molecule has 5 aromatic rings. The Kier molecular flexibility index (Phi) is 9.88. The first-order valence-electron chi connectivity index (χ1n) is 18.5. The lowest BCUT2D eigenvalue weighted by molar-refractivity contribution is -0.129. The van der Waals surface area contributed by atoms with Crippen molar-refractivity contribution in [3.05, 3.63) is 83.6 Å². The van der Waals surface area contributed by atoms with Gasteiger partial charge in [-0.15, -0.1) is 11.3 Å². The normalized spacial score (nSPS) is 19.8. The molecule has 8 rings (SSSR count). The first kappa shape index (κ1) is 36.8. The number of thiophene rings is 1. The fraction of sp³-hybridized carbons (Fsp3) is 0.366. The van der Waals surface area contributed by atoms with E-state index in [9.17, 15) is 14.0 Å². The van der Waals surface area contributed by atoms with E-state index >= 15 is 8.78 Å². The quantitative estimate of drug-likeness (QED) is 0.129. The Morgan fingerprint density at radius 2 is 1.80 bits per heavy atom. The number of halogens is 3. The number of nitrogens with zero attached hydrogens (tertiary/aromatic N) is 6. The SMILES string of the molecule is C=CC(=O)N1C[C@H](C)n2nc(-c3nc(-c4ccc(OCCN5CCC5)cc4)c4scc(F)c4c3-c3c(F)cc(F)cc3OC[C@@H]3CC(=O)N(C)C3)cc2[C@H]1C. The molecule has 0 saturated carbocycles. The molecule has 286 valence electrons. The molecule has 2 fully saturated rings. The van der Waals surface area contributed by atoms with Crippen LogP contribution in [0, 0.1) is 23.4 Å². The highest BCUT2D eigenvalue weighted by Gasteiger charge is 2.35. The molecule has 0 N–H and O–H groups in total. The Morgan fingerprint density at radius 1 is 1.02 bits per heavy atom. The molecule has 0 radical (unpaired) electrons. The van der Waals surface area contributed by atoms with Gasteiger partial charge in [-0.25, -0.2) is 18.2 Å². The van der Waals surface area contributed by atoms with E-state index in [1.54, 1.807) is 22.9 Å². The van der Waals surface area contributed by atoms with Crippen LogP contribution in [0.15, 0.2) is 60.5 Å². The maximum absolute atomic E-state index is 16.4. The van der Waals surface area contributed by atoms with Crippen molar-refractivity contribution in [2.45, 2.75) is 38.8 Å². The van der Waals surface area contributed by atoms with Crippen molar-refractivity contribution < 1.29 is 32.2 Å². The number of rotatable bonds is 11. The zero-order valence-electron chi connectivity index (χ0n) is 30.9. The lowest BCUT2D eigenvalue weighted by Gasteiger charge is -2.36. The predicted molar refractivity (Wildman–Crippen MR) is 204 cm³/mol. The molecule has 3 aromatic heterocycles. The molecule has 0 unspecified atom stereocenters. The summed E-state index contributed by atoms with van der Waals surface area (Å²) in [6, 6.07) is 10.4. The van der Waals surface area contributed by atoms with Crippen molar-refractivity contribution in [3.8, 4) is 45.3 Å². The minimum absolute atomic E-state index is 0.00943. The fourth-order valence-electron chi connectivity index (χ4n) is 7.76. The molecular weight excluding hydrogens is 730 g/mol. The van der Waals surface area contributed by atoms with Crippen LogP contribution in [0.2, 0.25) is 0 Å². The van der Waals surface area contributed by atoms with Crippen LogP contribution >= 0.6 is 11.3 Å². The van der Waals surface area contributed by atoms with E-state index < -0.39 is 23.5 Å². The number of carbonyl (C=O) groups excluding carboxylic acids is 2. The zero-order chi connectivity index (χ0) is 38.5. The average molecular weight is 771 g/mol. The highest BCUT2D eigenvalue weighted by molar-refractivity contribution is 7.17. The molecule has 6 heterocycles. The summed E-state index contributed by atoms with van der Waals surface area (Å²) in [5, 5.41) is 6.39. The third kappa shape index (κ3) is 6.86. The van der Waals surface area contributed by atoms with Crippen LogP contribution in [-0.4, -0.2) is 94.3 Å². The molecule has 55 heavy (non-hydrogen) atoms. The second kappa shape index (κ2) is 14.8. The molecular formula is C41H41F3N6O4S. The first-order chi connectivity index (χ1) is 26.5. The van der Waals surface area contributed by atoms with Gasteiger partial charge in [0.05, 0.1) is 40.3 Å². The molecule has 2 saturated heterocycles. The van der Waals surface area contributed by atoms with E-state index in [2.05, 4.69) is 11.5 Å². The lowest BCUT2D eigenvalue weighted by atomic mass is 9.94. The highest BCUT2D eigenvalue weighted by atomic mass is 32.1. The average Bonchev–Trinajstić information content (AvgIpc) is 3.86. The maximum atomic E-state index is 16.4. The van der Waals surface area contributed by atoms with E-state index in [-0.39, 0.29) is 64.8 Å². The summed E-state index contributed by atoms with van der Waals surface area (Å²) in [4.78, 5) is 35.9. The van der Waals surface area contributed by atoms with Gasteiger partial charge in [0.1, 0.15) is 46.9 Å². The van der Waals surface area contributed by atoms with E-state index in [1.807, 2.05) is 42.8 Å². The molecule has 0 aliphatic carbocycles. The summed E-state index contributed by atoms with van der Waals surface area (Å²) < 4.78 is 62.2. The van der Waals surface area contributed by atoms with Gasteiger partial charge in [-0.1, -0.05) is 6.58 Å². The summed E-state index contributed by atoms with van der Waals surface area (Å²) in [7, 11) is 1.69. The monoisotopic (exact) mass is 770 g/mol. The van der Waals surface area contributed by atoms with Crippen LogP contribution in [0.1, 0.15) is 44.5 Å². The van der Waals surface area contributed by atoms with Crippen molar-refractivity contribution in [1.29, 1.82) is 0 Å². The van der Waals surface area contributed by atoms with Crippen LogP contribution in [0.3, 0.4) is 0 Å². The second-order valence-corrected chi connectivity index (χ2v) is 15.5. The van der Waals surface area contributed by atoms with Gasteiger partial charge in [0.25, 0.3) is 0 Å². The Hall–Kier alpha value is -5.21. The maximum Gasteiger partial charge on any atom is 0.246 e. The van der Waals surface area contributed by atoms with Gasteiger partial charge in [0.15, 0.2) is 0 Å². The molecule has 14 heteroatoms. The Morgan fingerprint density at radius 3 is 2.49 bits per heavy atom. The Balaban J connectivity index is 1.29. The van der Waals surface area contributed by atoms with Gasteiger partial charge < -0.3 is 19.3 Å². The van der Waals surface area contributed by atoms with E-state index in [1.165, 1.54) is 17.9 Å². The Labute approximate surface area is 320 Å². The third-order valence-corrected chi connectivity index (χ3v) is 11.8. The predicted octanol–water partition coefficient (Wildman–Crippen LogP) is 7.50. The van der Waals surface area contributed by atoms with Gasteiger partial charge in [-0.3, -0.25) is 19.2 Å². The number of carbonyl (C=O) groups is 2. The molecule has 2 aromatic carbocycles. The number of ether oxygens (including phenoxy) is 2. The van der Waals surface area contributed by atoms with E-state index in [4.69, 9.17) is 19.6 Å². The number of benzene rings is 2. The van der Waals surface area contributed by atoms with Crippen LogP contribution in [0.5, 0.6) is 11.5 Å². The number of hydrogen-bond acceptors (Lipinski definition) is 8. The number of aromatic nitrogens is 3. The standard InChI is InChI=1S/C41H41F3N6O4S/c1-5-34(51)49-19-23(2)50-32(24(49)3)18-31(46-50)40-38(36-29(43)16-27(42)17-33(36)54-21-25-15-35(52)47(4)20-25)37-30(44)22-55-41(37)39(45-40)26-7-9-28(10-8-26)53-14-13-48-11-6-12-48/h5,7-10,16-18,22-25H,1,6,11-15,19-21H2,2-4H3/t23-,24+,25+/m0/s1. The van der Waals surface area contributed by atoms with Crippen molar-refractivity contribution in [3.63, 3.8) is 0 Å². The Bertz CT molecular complexity index is 2310. The number of hydrogen-bond donors (Lipinski definition) is 0. The largest absolute Gasteiger partial charge is 0.492 e. The molecule has 10 nitrogen and oxygen atoms in total. The van der Waals surface area contributed by atoms with Crippen LogP contribution in [0.4, 0.5) is 13.2 Å². The van der Waals surface area contributed by atoms with Gasteiger partial charge in [0.2, 0.25) is 11.8 Å². The van der Waals surface area contributed by atoms with Crippen LogP contribution in [0.25, 0.3) is 43.9 Å². The summed E-state index contributed by atoms with van der Waals surface area (Å²) in [6.07, 6.45) is 2.71. The molecule has 3 atom stereocenters. The molecule has 0 bridgehead atoms. The fourth-order valence-corrected chi connectivity index (χ4v) is 8.69. The summed E-state index contributed by atoms with van der Waals surface area (Å²) in [6.45, 7) is 11.8. The zero-order valence-corrected chi connectivity index (χ0v) is 31.7. The molecule has 2 amide bonds. The minimum Gasteiger partial charge on any atom is -0.492 e. The number of amides is 2. The first-order valence-corrected chi connectivity index (χ1v) is 19.3. The van der Waals surface area contributed by atoms with E-state index in [0.717, 1.165) is 43.1 Å². The number of pyridine rings is 1. The third-order valence-electron chi connectivity index (χ3n) is 10.8. The summed E-state index contributed by atoms with van der Waals surface area (Å²) in [5.41, 5.74) is 2.19. The number of likely N-dealkylation sites (tertiary alicyclic amines) is 2. The summed E-state index contributed by atoms with van der Waals surface area (Å²) >= 11 is 1.13. The van der Waals surface area contributed by atoms with Crippen molar-refractivity contribution >= 4 is 33.2 Å². The summed E-state index contributed by atoms with van der Waals surface area (Å²) in [5.74, 6) is -2.39. The van der Waals surface area contributed by atoms with Gasteiger partial charge in [-0.05, 0) is 69.8 Å². The second-order valence-electron chi connectivity index (χ2n) is 14.6. The van der Waals surface area contributed by atoms with Crippen LogP contribution < -0.4 is 9.47 Å². The molecule has 3 aliphatic heterocycles. The van der Waals surface area contributed by atoms with Crippen molar-refractivity contribution in [1.82, 2.24) is 29.5 Å². The van der Waals surface area contributed by atoms with Crippen molar-refractivity contribution in [2.24, 2.45) is 5.92 Å². The van der Waals surface area contributed by atoms with Crippen LogP contribution in [-0.2, 0) is 9.59 Å². The highest BCUT2D eigenvalue weighted by Crippen LogP contribution is 2.48. The van der Waals surface area contributed by atoms with Gasteiger partial charge >= 0.3 is 0 Å². The number of fused-ring (bicyclic) bond motifs is 2. The van der Waals surface area contributed by atoms with Crippen molar-refractivity contribution in [2.75, 3.05) is 53.0 Å². The molecule has 3 aliphatic rings. The van der Waals surface area contributed by atoms with Gasteiger partial charge in [0, 0.05) is 73.0 Å². The topological polar surface area (TPSA) is 93.0 Å². The van der Waals surface area contributed by atoms with Gasteiger partial charge in [-0.2, -0.15) is 5.10 Å². The van der Waals surface area contributed by atoms with E-state index in [0.29, 0.717) is 52.8 Å². The lowest BCUT2D eigenvalue weighted by Crippen LogP contribution is -2.42. The molecule has 0 spiro atoms. The minimum atomic E-state index is -0.967. The smallest absolute Gasteiger partial charge is 0.246 e.